The van der Waals surface area contributed by atoms with E-state index < -0.39 is 6.10 Å². The minimum absolute atomic E-state index is 0.0765. The molecule has 2 N–H and O–H groups in total. The third-order valence-corrected chi connectivity index (χ3v) is 3.76. The largest absolute Gasteiger partial charge is 0.483 e. The van der Waals surface area contributed by atoms with E-state index in [1.807, 2.05) is 48.5 Å². The fraction of sp³-hybridized carbons (Fsp3) is 0.150. The van der Waals surface area contributed by atoms with Crippen LogP contribution in [0.25, 0.3) is 10.8 Å². The summed E-state index contributed by atoms with van der Waals surface area (Å²) in [6, 6.07) is 20.8. The number of nitrogens with one attached hydrogen (secondary N) is 1. The average Bonchev–Trinajstić information content (AvgIpc) is 2.60. The second kappa shape index (κ2) is 7.15. The van der Waals surface area contributed by atoms with Crippen molar-refractivity contribution < 1.29 is 14.6 Å². The topological polar surface area (TPSA) is 58.6 Å². The predicted octanol–water partition coefficient (Wildman–Crippen LogP) is 3.91. The van der Waals surface area contributed by atoms with Crippen LogP contribution in [0.4, 0.5) is 5.69 Å². The summed E-state index contributed by atoms with van der Waals surface area (Å²) >= 11 is 0. The standard InChI is InChI=1S/C20H19NO3/c1-14(22)16-8-4-9-17(12-16)21-20(23)13-24-19-11-5-7-15-6-2-3-10-18(15)19/h2-12,14,22H,13H2,1H3,(H,21,23). The summed E-state index contributed by atoms with van der Waals surface area (Å²) < 4.78 is 5.67. The first-order chi connectivity index (χ1) is 11.6. The van der Waals surface area contributed by atoms with E-state index in [-0.39, 0.29) is 12.5 Å². The first-order valence-electron chi connectivity index (χ1n) is 7.82. The molecule has 0 aliphatic carbocycles. The Morgan fingerprint density at radius 2 is 1.83 bits per heavy atom. The molecule has 0 spiro atoms. The van der Waals surface area contributed by atoms with Crippen molar-refractivity contribution in [3.05, 3.63) is 72.3 Å². The van der Waals surface area contributed by atoms with Crippen molar-refractivity contribution in [2.45, 2.75) is 13.0 Å². The van der Waals surface area contributed by atoms with Crippen molar-refractivity contribution in [1.29, 1.82) is 0 Å². The normalized spacial score (nSPS) is 11.9. The highest BCUT2D eigenvalue weighted by atomic mass is 16.5. The van der Waals surface area contributed by atoms with E-state index >= 15 is 0 Å². The quantitative estimate of drug-likeness (QED) is 0.749. The van der Waals surface area contributed by atoms with E-state index in [1.54, 1.807) is 25.1 Å². The van der Waals surface area contributed by atoms with Crippen LogP contribution in [0, 0.1) is 0 Å². The number of fused-ring (bicyclic) bond motifs is 1. The molecule has 0 bridgehead atoms. The van der Waals surface area contributed by atoms with Gasteiger partial charge in [0.05, 0.1) is 6.10 Å². The Bertz CT molecular complexity index is 853. The molecule has 1 unspecified atom stereocenters. The van der Waals surface area contributed by atoms with E-state index in [2.05, 4.69) is 5.32 Å². The Hall–Kier alpha value is -2.85. The monoisotopic (exact) mass is 321 g/mol. The molecule has 0 saturated carbocycles. The first kappa shape index (κ1) is 16.0. The Balaban J connectivity index is 1.66. The van der Waals surface area contributed by atoms with Gasteiger partial charge in [0.2, 0.25) is 0 Å². The van der Waals surface area contributed by atoms with Gasteiger partial charge in [0, 0.05) is 11.1 Å². The third kappa shape index (κ3) is 3.73. The molecule has 0 aliphatic rings. The van der Waals surface area contributed by atoms with Crippen molar-refractivity contribution in [1.82, 2.24) is 0 Å². The highest BCUT2D eigenvalue weighted by Crippen LogP contribution is 2.25. The van der Waals surface area contributed by atoms with Crippen molar-refractivity contribution in [2.24, 2.45) is 0 Å². The van der Waals surface area contributed by atoms with Gasteiger partial charge < -0.3 is 15.2 Å². The fourth-order valence-corrected chi connectivity index (χ4v) is 2.54. The Morgan fingerprint density at radius 1 is 1.08 bits per heavy atom. The Kier molecular flexibility index (Phi) is 4.77. The summed E-state index contributed by atoms with van der Waals surface area (Å²) in [6.07, 6.45) is -0.575. The lowest BCUT2D eigenvalue weighted by Gasteiger charge is -2.11. The van der Waals surface area contributed by atoms with E-state index in [0.29, 0.717) is 11.4 Å². The van der Waals surface area contributed by atoms with Gasteiger partial charge in [-0.25, -0.2) is 0 Å². The van der Waals surface area contributed by atoms with Crippen LogP contribution >= 0.6 is 0 Å². The summed E-state index contributed by atoms with van der Waals surface area (Å²) in [7, 11) is 0. The van der Waals surface area contributed by atoms with Crippen LogP contribution in [-0.2, 0) is 4.79 Å². The average molecular weight is 321 g/mol. The third-order valence-electron chi connectivity index (χ3n) is 3.76. The number of hydrogen-bond donors (Lipinski definition) is 2. The molecule has 0 radical (unpaired) electrons. The van der Waals surface area contributed by atoms with E-state index in [0.717, 1.165) is 16.3 Å². The number of ether oxygens (including phenoxy) is 1. The lowest BCUT2D eigenvalue weighted by atomic mass is 10.1. The number of aliphatic hydroxyl groups is 1. The van der Waals surface area contributed by atoms with Gasteiger partial charge in [-0.15, -0.1) is 0 Å². The van der Waals surface area contributed by atoms with Gasteiger partial charge in [-0.05, 0) is 36.1 Å². The van der Waals surface area contributed by atoms with Gasteiger partial charge in [-0.2, -0.15) is 0 Å². The summed E-state index contributed by atoms with van der Waals surface area (Å²) in [5.41, 5.74) is 1.39. The zero-order valence-electron chi connectivity index (χ0n) is 13.4. The minimum Gasteiger partial charge on any atom is -0.483 e. The molecule has 3 aromatic rings. The van der Waals surface area contributed by atoms with Crippen LogP contribution < -0.4 is 10.1 Å². The minimum atomic E-state index is -0.575. The van der Waals surface area contributed by atoms with Crippen molar-refractivity contribution in [3.63, 3.8) is 0 Å². The maximum atomic E-state index is 12.1. The van der Waals surface area contributed by atoms with Crippen LogP contribution in [0.3, 0.4) is 0 Å². The van der Waals surface area contributed by atoms with Crippen LogP contribution in [0.1, 0.15) is 18.6 Å². The number of hydrogen-bond acceptors (Lipinski definition) is 3. The summed E-state index contributed by atoms with van der Waals surface area (Å²) in [5, 5.41) is 14.4. The molecule has 3 rings (SSSR count). The molecule has 0 aromatic heterocycles. The zero-order valence-corrected chi connectivity index (χ0v) is 13.4. The van der Waals surface area contributed by atoms with Crippen LogP contribution in [0.15, 0.2) is 66.7 Å². The SMILES string of the molecule is CC(O)c1cccc(NC(=O)COc2cccc3ccccc23)c1. The second-order valence-electron chi connectivity index (χ2n) is 5.62. The van der Waals surface area contributed by atoms with E-state index in [9.17, 15) is 9.90 Å². The molecule has 1 atom stereocenters. The maximum absolute atomic E-state index is 12.1. The molecule has 0 saturated heterocycles. The number of anilines is 1. The number of aliphatic hydroxyl groups excluding tert-OH is 1. The summed E-state index contributed by atoms with van der Waals surface area (Å²) in [4.78, 5) is 12.1. The van der Waals surface area contributed by atoms with Crippen molar-refractivity contribution in [2.75, 3.05) is 11.9 Å². The molecule has 1 amide bonds. The molecular formula is C20H19NO3. The van der Waals surface area contributed by atoms with Gasteiger partial charge in [-0.3, -0.25) is 4.79 Å². The van der Waals surface area contributed by atoms with Gasteiger partial charge >= 0.3 is 0 Å². The number of benzene rings is 3. The van der Waals surface area contributed by atoms with Crippen molar-refractivity contribution >= 4 is 22.4 Å². The summed E-state index contributed by atoms with van der Waals surface area (Å²) in [6.45, 7) is 1.61. The predicted molar refractivity (Wildman–Crippen MR) is 95.1 cm³/mol. The number of rotatable bonds is 5. The molecule has 3 aromatic carbocycles. The Labute approximate surface area is 140 Å². The second-order valence-corrected chi connectivity index (χ2v) is 5.62. The lowest BCUT2D eigenvalue weighted by molar-refractivity contribution is -0.118. The molecule has 122 valence electrons. The van der Waals surface area contributed by atoms with Crippen molar-refractivity contribution in [3.8, 4) is 5.75 Å². The van der Waals surface area contributed by atoms with E-state index in [1.165, 1.54) is 0 Å². The van der Waals surface area contributed by atoms with Crippen LogP contribution in [0.5, 0.6) is 5.75 Å². The van der Waals surface area contributed by atoms with E-state index in [4.69, 9.17) is 4.74 Å². The molecule has 0 heterocycles. The summed E-state index contributed by atoms with van der Waals surface area (Å²) in [5.74, 6) is 0.437. The molecular weight excluding hydrogens is 302 g/mol. The molecule has 0 aliphatic heterocycles. The van der Waals surface area contributed by atoms with Gasteiger partial charge in [-0.1, -0.05) is 48.5 Å². The van der Waals surface area contributed by atoms with Gasteiger partial charge in [0.25, 0.3) is 5.91 Å². The van der Waals surface area contributed by atoms with Crippen LogP contribution in [-0.4, -0.2) is 17.6 Å². The highest BCUT2D eigenvalue weighted by Gasteiger charge is 2.07. The number of carbonyl (C=O) groups excluding carboxylic acids is 1. The van der Waals surface area contributed by atoms with Gasteiger partial charge in [0.15, 0.2) is 6.61 Å². The zero-order chi connectivity index (χ0) is 16.9. The van der Waals surface area contributed by atoms with Gasteiger partial charge in [0.1, 0.15) is 5.75 Å². The molecule has 4 heteroatoms. The number of carbonyl (C=O) groups is 1. The molecule has 24 heavy (non-hydrogen) atoms. The molecule has 0 fully saturated rings. The number of amides is 1. The highest BCUT2D eigenvalue weighted by molar-refractivity contribution is 5.93. The fourth-order valence-electron chi connectivity index (χ4n) is 2.54. The Morgan fingerprint density at radius 3 is 2.67 bits per heavy atom. The maximum Gasteiger partial charge on any atom is 0.262 e. The lowest BCUT2D eigenvalue weighted by Crippen LogP contribution is -2.20. The van der Waals surface area contributed by atoms with Crippen LogP contribution in [0.2, 0.25) is 0 Å². The molecule has 4 nitrogen and oxygen atoms in total. The smallest absolute Gasteiger partial charge is 0.262 e. The first-order valence-corrected chi connectivity index (χ1v) is 7.82.